The van der Waals surface area contributed by atoms with Crippen LogP contribution in [0.1, 0.15) is 26.7 Å². The predicted molar refractivity (Wildman–Crippen MR) is 61.3 cm³/mol. The number of amides is 3. The number of hydrogen-bond donors (Lipinski definition) is 3. The molecule has 0 aliphatic carbocycles. The number of nitrogens with zero attached hydrogens (tertiary/aromatic N) is 1. The van der Waals surface area contributed by atoms with E-state index in [-0.39, 0.29) is 18.9 Å². The van der Waals surface area contributed by atoms with Gasteiger partial charge in [0.05, 0.1) is 6.42 Å². The van der Waals surface area contributed by atoms with Crippen molar-refractivity contribution in [2.75, 3.05) is 13.1 Å². The molecule has 1 unspecified atom stereocenters. The zero-order valence-electron chi connectivity index (χ0n) is 10.1. The van der Waals surface area contributed by atoms with Crippen molar-refractivity contribution in [3.63, 3.8) is 0 Å². The predicted octanol–water partition coefficient (Wildman–Crippen LogP) is -0.243. The topological polar surface area (TPSA) is 113 Å². The molecule has 0 rings (SSSR count). The van der Waals surface area contributed by atoms with Crippen LogP contribution >= 0.6 is 0 Å². The highest BCUT2D eigenvalue weighted by atomic mass is 16.4. The standard InChI is InChI=1S/C10H19N3O4/c1-3-13(7(2)6-9(15)16)5-4-8(14)12-10(11)17/h7H,3-6H2,1-2H3,(H,15,16)(H3,11,12,14,17). The van der Waals surface area contributed by atoms with Crippen LogP contribution in [-0.4, -0.2) is 47.0 Å². The molecule has 0 heterocycles. The SMILES string of the molecule is CCN(CCC(=O)NC(N)=O)C(C)CC(=O)O. The van der Waals surface area contributed by atoms with Crippen molar-refractivity contribution in [1.82, 2.24) is 10.2 Å². The molecule has 1 atom stereocenters. The van der Waals surface area contributed by atoms with E-state index in [0.29, 0.717) is 13.1 Å². The molecular weight excluding hydrogens is 226 g/mol. The molecule has 0 saturated carbocycles. The summed E-state index contributed by atoms with van der Waals surface area (Å²) in [4.78, 5) is 34.0. The summed E-state index contributed by atoms with van der Waals surface area (Å²) in [6, 6.07) is -1.03. The molecule has 0 fully saturated rings. The number of imide groups is 1. The Morgan fingerprint density at radius 2 is 2.00 bits per heavy atom. The number of carbonyl (C=O) groups is 3. The summed E-state index contributed by atoms with van der Waals surface area (Å²) in [5, 5.41) is 10.6. The van der Waals surface area contributed by atoms with Gasteiger partial charge in [-0.05, 0) is 13.5 Å². The molecule has 0 aliphatic rings. The van der Waals surface area contributed by atoms with Gasteiger partial charge < -0.3 is 10.8 Å². The van der Waals surface area contributed by atoms with Crippen molar-refractivity contribution in [2.45, 2.75) is 32.7 Å². The molecule has 4 N–H and O–H groups in total. The first-order valence-corrected chi connectivity index (χ1v) is 5.42. The smallest absolute Gasteiger partial charge is 0.318 e. The van der Waals surface area contributed by atoms with Crippen molar-refractivity contribution < 1.29 is 19.5 Å². The Kier molecular flexibility index (Phi) is 6.88. The van der Waals surface area contributed by atoms with Gasteiger partial charge in [-0.3, -0.25) is 19.8 Å². The number of carbonyl (C=O) groups excluding carboxylic acids is 2. The van der Waals surface area contributed by atoms with Gasteiger partial charge in [-0.2, -0.15) is 0 Å². The maximum atomic E-state index is 11.2. The number of hydrogen-bond acceptors (Lipinski definition) is 4. The fraction of sp³-hybridized carbons (Fsp3) is 0.700. The van der Waals surface area contributed by atoms with E-state index in [2.05, 4.69) is 0 Å². The molecular formula is C10H19N3O4. The van der Waals surface area contributed by atoms with Crippen molar-refractivity contribution in [3.8, 4) is 0 Å². The molecule has 98 valence electrons. The van der Waals surface area contributed by atoms with E-state index in [1.165, 1.54) is 0 Å². The third-order valence-corrected chi connectivity index (χ3v) is 2.39. The zero-order valence-corrected chi connectivity index (χ0v) is 10.1. The minimum absolute atomic E-state index is 0.0191. The van der Waals surface area contributed by atoms with Crippen LogP contribution in [0, 0.1) is 0 Å². The van der Waals surface area contributed by atoms with Gasteiger partial charge in [-0.1, -0.05) is 6.92 Å². The average Bonchev–Trinajstić information content (AvgIpc) is 2.16. The second-order valence-corrected chi connectivity index (χ2v) is 3.74. The molecule has 7 nitrogen and oxygen atoms in total. The second-order valence-electron chi connectivity index (χ2n) is 3.74. The third kappa shape index (κ3) is 7.29. The molecule has 0 aromatic heterocycles. The zero-order chi connectivity index (χ0) is 13.4. The molecule has 0 aromatic rings. The highest BCUT2D eigenvalue weighted by Crippen LogP contribution is 2.04. The summed E-state index contributed by atoms with van der Waals surface area (Å²) in [7, 11) is 0. The lowest BCUT2D eigenvalue weighted by Crippen LogP contribution is -2.40. The van der Waals surface area contributed by atoms with Gasteiger partial charge in [0.15, 0.2) is 0 Å². The molecule has 0 bridgehead atoms. The molecule has 0 spiro atoms. The van der Waals surface area contributed by atoms with Crippen LogP contribution in [0.5, 0.6) is 0 Å². The lowest BCUT2D eigenvalue weighted by Gasteiger charge is -2.26. The van der Waals surface area contributed by atoms with Gasteiger partial charge in [0.2, 0.25) is 5.91 Å². The number of primary amides is 1. The number of nitrogens with one attached hydrogen (secondary N) is 1. The fourth-order valence-electron chi connectivity index (χ4n) is 1.52. The van der Waals surface area contributed by atoms with Crippen LogP contribution in [-0.2, 0) is 9.59 Å². The summed E-state index contributed by atoms with van der Waals surface area (Å²) in [6.45, 7) is 4.69. The van der Waals surface area contributed by atoms with Gasteiger partial charge >= 0.3 is 12.0 Å². The fourth-order valence-corrected chi connectivity index (χ4v) is 1.52. The van der Waals surface area contributed by atoms with Crippen LogP contribution in [0.2, 0.25) is 0 Å². The summed E-state index contributed by atoms with van der Waals surface area (Å²) < 4.78 is 0. The Morgan fingerprint density at radius 3 is 2.41 bits per heavy atom. The largest absolute Gasteiger partial charge is 0.481 e. The van der Waals surface area contributed by atoms with Crippen molar-refractivity contribution in [2.24, 2.45) is 5.73 Å². The first-order chi connectivity index (χ1) is 7.86. The number of carboxylic acid groups (broad SMARTS) is 1. The average molecular weight is 245 g/mol. The minimum Gasteiger partial charge on any atom is -0.481 e. The van der Waals surface area contributed by atoms with E-state index in [1.54, 1.807) is 6.92 Å². The molecule has 0 saturated heterocycles. The molecule has 7 heteroatoms. The van der Waals surface area contributed by atoms with Gasteiger partial charge in [0.25, 0.3) is 0 Å². The summed E-state index contributed by atoms with van der Waals surface area (Å²) in [5.41, 5.74) is 4.80. The Hall–Kier alpha value is -1.63. The van der Waals surface area contributed by atoms with Crippen LogP contribution in [0.4, 0.5) is 4.79 Å². The summed E-state index contributed by atoms with van der Waals surface area (Å²) in [6.07, 6.45) is 0.131. The van der Waals surface area contributed by atoms with Gasteiger partial charge in [0.1, 0.15) is 0 Å². The Balaban J connectivity index is 4.08. The lowest BCUT2D eigenvalue weighted by atomic mass is 10.2. The first kappa shape index (κ1) is 15.4. The molecule has 0 radical (unpaired) electrons. The van der Waals surface area contributed by atoms with E-state index in [9.17, 15) is 14.4 Å². The normalized spacial score (nSPS) is 12.2. The third-order valence-electron chi connectivity index (χ3n) is 2.39. The van der Waals surface area contributed by atoms with Crippen LogP contribution in [0.3, 0.4) is 0 Å². The van der Waals surface area contributed by atoms with Gasteiger partial charge in [0, 0.05) is 19.0 Å². The summed E-state index contributed by atoms with van der Waals surface area (Å²) in [5.74, 6) is -1.34. The van der Waals surface area contributed by atoms with E-state index < -0.39 is 17.9 Å². The Morgan fingerprint density at radius 1 is 1.41 bits per heavy atom. The highest BCUT2D eigenvalue weighted by molar-refractivity contribution is 5.93. The molecule has 0 aliphatic heterocycles. The second kappa shape index (κ2) is 7.61. The maximum Gasteiger partial charge on any atom is 0.318 e. The molecule has 3 amide bonds. The number of carboxylic acids is 1. The first-order valence-electron chi connectivity index (χ1n) is 5.42. The van der Waals surface area contributed by atoms with Crippen molar-refractivity contribution in [3.05, 3.63) is 0 Å². The maximum absolute atomic E-state index is 11.2. The Bertz CT molecular complexity index is 293. The van der Waals surface area contributed by atoms with E-state index in [1.807, 2.05) is 17.1 Å². The minimum atomic E-state index is -0.878. The number of urea groups is 1. The van der Waals surface area contributed by atoms with Crippen LogP contribution in [0.15, 0.2) is 0 Å². The molecule has 17 heavy (non-hydrogen) atoms. The van der Waals surface area contributed by atoms with Gasteiger partial charge in [-0.15, -0.1) is 0 Å². The quantitative estimate of drug-likeness (QED) is 0.572. The van der Waals surface area contributed by atoms with Crippen LogP contribution in [0.25, 0.3) is 0 Å². The molecule has 0 aromatic carbocycles. The monoisotopic (exact) mass is 245 g/mol. The van der Waals surface area contributed by atoms with Gasteiger partial charge in [-0.25, -0.2) is 4.79 Å². The lowest BCUT2D eigenvalue weighted by molar-refractivity contribution is -0.138. The van der Waals surface area contributed by atoms with E-state index in [0.717, 1.165) is 0 Å². The van der Waals surface area contributed by atoms with E-state index in [4.69, 9.17) is 10.8 Å². The highest BCUT2D eigenvalue weighted by Gasteiger charge is 2.16. The number of rotatable bonds is 7. The number of aliphatic carboxylic acids is 1. The van der Waals surface area contributed by atoms with Crippen molar-refractivity contribution in [1.29, 1.82) is 0 Å². The van der Waals surface area contributed by atoms with Crippen molar-refractivity contribution >= 4 is 17.9 Å². The van der Waals surface area contributed by atoms with Crippen LogP contribution < -0.4 is 11.1 Å². The summed E-state index contributed by atoms with van der Waals surface area (Å²) >= 11 is 0. The Labute approximate surface area is 100.0 Å². The van der Waals surface area contributed by atoms with E-state index >= 15 is 0 Å². The number of nitrogens with two attached hydrogens (primary N) is 1.